The average molecular weight is 1110 g/mol. The van der Waals surface area contributed by atoms with Crippen molar-refractivity contribution in [3.8, 4) is 0 Å². The van der Waals surface area contributed by atoms with Crippen LogP contribution in [0.5, 0.6) is 0 Å². The number of amides is 2. The van der Waals surface area contributed by atoms with Crippen molar-refractivity contribution in [1.29, 1.82) is 0 Å². The number of aromatic nitrogens is 4. The molecule has 6 heterocycles. The van der Waals surface area contributed by atoms with Crippen LogP contribution in [0.2, 0.25) is 0 Å². The summed E-state index contributed by atoms with van der Waals surface area (Å²) in [7, 11) is 0. The van der Waals surface area contributed by atoms with Crippen LogP contribution in [0.15, 0.2) is 105 Å². The molecule has 12 nitrogen and oxygen atoms in total. The largest absolute Gasteiger partial charge is 0.416 e. The van der Waals surface area contributed by atoms with Crippen LogP contribution in [-0.4, -0.2) is 104 Å². The molecular formula is C50H42F12N10O2S2. The molecule has 0 spiro atoms. The number of benzene rings is 4. The molecule has 2 amide bonds. The molecule has 2 saturated heterocycles. The van der Waals surface area contributed by atoms with E-state index in [9.17, 15) is 62.3 Å². The van der Waals surface area contributed by atoms with E-state index in [2.05, 4.69) is 40.6 Å². The van der Waals surface area contributed by atoms with Gasteiger partial charge in [0, 0.05) is 50.0 Å². The lowest BCUT2D eigenvalue weighted by Crippen LogP contribution is -2.31. The lowest BCUT2D eigenvalue weighted by Gasteiger charge is -2.20. The second kappa shape index (κ2) is 21.8. The van der Waals surface area contributed by atoms with Crippen LogP contribution in [0.1, 0.15) is 57.3 Å². The number of halogens is 12. The highest BCUT2D eigenvalue weighted by atomic mass is 32.2. The molecule has 0 atom stereocenters. The summed E-state index contributed by atoms with van der Waals surface area (Å²) in [6.45, 7) is 5.83. The summed E-state index contributed by atoms with van der Waals surface area (Å²) >= 11 is 2.60. The van der Waals surface area contributed by atoms with Crippen molar-refractivity contribution in [3.63, 3.8) is 0 Å². The van der Waals surface area contributed by atoms with E-state index in [1.165, 1.54) is 45.3 Å². The highest BCUT2D eigenvalue weighted by molar-refractivity contribution is 8.18. The molecule has 0 bridgehead atoms. The Labute approximate surface area is 433 Å². The van der Waals surface area contributed by atoms with Gasteiger partial charge in [-0.2, -0.15) is 72.9 Å². The zero-order valence-electron chi connectivity index (χ0n) is 39.5. The van der Waals surface area contributed by atoms with Crippen LogP contribution in [-0.2, 0) is 47.4 Å². The third-order valence-corrected chi connectivity index (χ3v) is 14.6. The normalized spacial score (nSPS) is 18.4. The molecule has 4 aromatic carbocycles. The standard InChI is InChI=1S/2C25H21F6N5OS/c2*26-24(27,28)18-4-3-16(19(12-18)25(29,30)31)14-36-20-5-2-15(10-17(20)13-33-36)11-21-22(37)34-23(38-21)35-8-1-6-32-7-9-35/h2*2-5,10-13,32H,1,6-9,14H2. The van der Waals surface area contributed by atoms with Crippen molar-refractivity contribution in [3.05, 3.63) is 140 Å². The molecule has 0 aliphatic carbocycles. The Kier molecular flexibility index (Phi) is 15.5. The Morgan fingerprint density at radius 2 is 0.908 bits per heavy atom. The molecule has 2 aromatic heterocycles. The number of hydrogen-bond donors (Lipinski definition) is 2. The van der Waals surface area contributed by atoms with Gasteiger partial charge in [0.1, 0.15) is 0 Å². The molecule has 0 unspecified atom stereocenters. The van der Waals surface area contributed by atoms with Crippen molar-refractivity contribution >= 4 is 79.6 Å². The number of rotatable bonds is 6. The van der Waals surface area contributed by atoms with Gasteiger partial charge in [-0.3, -0.25) is 19.0 Å². The van der Waals surface area contributed by atoms with Crippen LogP contribution in [0.3, 0.4) is 0 Å². The Balaban J connectivity index is 0.000000186. The number of amidine groups is 2. The summed E-state index contributed by atoms with van der Waals surface area (Å²) in [4.78, 5) is 38.4. The number of carbonyl (C=O) groups excluding carboxylic acids is 2. The molecule has 0 radical (unpaired) electrons. The van der Waals surface area contributed by atoms with E-state index >= 15 is 0 Å². The molecule has 4 aliphatic rings. The fraction of sp³-hybridized carbons (Fsp3) is 0.320. The maximum atomic E-state index is 13.6. The lowest BCUT2D eigenvalue weighted by molar-refractivity contribution is -0.145. The maximum Gasteiger partial charge on any atom is 0.416 e. The maximum absolute atomic E-state index is 13.6. The topological polar surface area (TPSA) is 125 Å². The van der Waals surface area contributed by atoms with E-state index in [0.717, 1.165) is 77.3 Å². The summed E-state index contributed by atoms with van der Waals surface area (Å²) in [5, 5.41) is 17.4. The Morgan fingerprint density at radius 1 is 0.500 bits per heavy atom. The van der Waals surface area contributed by atoms with Gasteiger partial charge in [-0.15, -0.1) is 0 Å². The SMILES string of the molecule is O=C1N=C(N2CCCNCC2)SC1=Cc1ccc2c(cnn2Cc2ccc(C(F)(F)F)cc2C(F)(F)F)c1.O=C1N=C(N2CCCNCC2)SC1=Cc1ccc2c(cnn2Cc2ccc(C(F)(F)F)cc2C(F)(F)F)c1. The van der Waals surface area contributed by atoms with Gasteiger partial charge in [0.15, 0.2) is 10.3 Å². The predicted molar refractivity (Wildman–Crippen MR) is 265 cm³/mol. The van der Waals surface area contributed by atoms with Gasteiger partial charge in [0.05, 0.1) is 68.6 Å². The van der Waals surface area contributed by atoms with Gasteiger partial charge < -0.3 is 20.4 Å². The highest BCUT2D eigenvalue weighted by Crippen LogP contribution is 2.40. The van der Waals surface area contributed by atoms with Crippen LogP contribution in [0.4, 0.5) is 52.7 Å². The van der Waals surface area contributed by atoms with E-state index in [1.807, 2.05) is 0 Å². The quantitative estimate of drug-likeness (QED) is 0.123. The number of thioether (sulfide) groups is 2. The van der Waals surface area contributed by atoms with Gasteiger partial charge >= 0.3 is 24.7 Å². The number of hydrogen-bond acceptors (Lipinski definition) is 10. The number of alkyl halides is 12. The van der Waals surface area contributed by atoms with E-state index in [-0.39, 0.29) is 48.2 Å². The molecule has 76 heavy (non-hydrogen) atoms. The van der Waals surface area contributed by atoms with Crippen LogP contribution in [0, 0.1) is 0 Å². The Hall–Kier alpha value is -6.64. The monoisotopic (exact) mass is 1110 g/mol. The van der Waals surface area contributed by atoms with Gasteiger partial charge in [0.25, 0.3) is 11.8 Å². The molecule has 2 N–H and O–H groups in total. The van der Waals surface area contributed by atoms with Crippen LogP contribution >= 0.6 is 23.5 Å². The molecule has 0 saturated carbocycles. The molecule has 6 aromatic rings. The average Bonchev–Trinajstić information content (AvgIpc) is 4.01. The number of nitrogens with zero attached hydrogens (tertiary/aromatic N) is 8. The first-order valence-corrected chi connectivity index (χ1v) is 25.0. The summed E-state index contributed by atoms with van der Waals surface area (Å²) in [5.41, 5.74) is -3.73. The second-order valence-electron chi connectivity index (χ2n) is 17.8. The van der Waals surface area contributed by atoms with Gasteiger partial charge in [0.2, 0.25) is 0 Å². The molecule has 26 heteroatoms. The molecule has 400 valence electrons. The molecule has 4 aliphatic heterocycles. The van der Waals surface area contributed by atoms with E-state index in [1.54, 1.807) is 48.6 Å². The van der Waals surface area contributed by atoms with Crippen molar-refractivity contribution in [2.24, 2.45) is 9.98 Å². The number of nitrogens with one attached hydrogen (secondary N) is 2. The molecular weight excluding hydrogens is 1060 g/mol. The van der Waals surface area contributed by atoms with Gasteiger partial charge in [-0.1, -0.05) is 24.3 Å². The third kappa shape index (κ3) is 12.6. The van der Waals surface area contributed by atoms with E-state index in [4.69, 9.17) is 0 Å². The van der Waals surface area contributed by atoms with Crippen molar-refractivity contribution in [2.45, 2.75) is 50.6 Å². The smallest absolute Gasteiger partial charge is 0.349 e. The van der Waals surface area contributed by atoms with Crippen LogP contribution in [0.25, 0.3) is 34.0 Å². The van der Waals surface area contributed by atoms with Crippen molar-refractivity contribution in [1.82, 2.24) is 40.0 Å². The lowest BCUT2D eigenvalue weighted by atomic mass is 10.0. The number of carbonyl (C=O) groups is 2. The minimum atomic E-state index is -4.96. The van der Waals surface area contributed by atoms with Crippen molar-refractivity contribution in [2.75, 3.05) is 52.4 Å². The van der Waals surface area contributed by atoms with Crippen LogP contribution < -0.4 is 10.6 Å². The van der Waals surface area contributed by atoms with Crippen molar-refractivity contribution < 1.29 is 62.3 Å². The Bertz CT molecular complexity index is 3090. The molecule has 10 rings (SSSR count). The van der Waals surface area contributed by atoms with E-state index in [0.29, 0.717) is 65.2 Å². The molecule has 2 fully saturated rings. The first kappa shape index (κ1) is 54.2. The first-order valence-electron chi connectivity index (χ1n) is 23.4. The highest BCUT2D eigenvalue weighted by Gasteiger charge is 2.40. The summed E-state index contributed by atoms with van der Waals surface area (Å²) in [6.07, 6.45) is -11.5. The predicted octanol–water partition coefficient (Wildman–Crippen LogP) is 10.8. The minimum absolute atomic E-state index is 0.125. The fourth-order valence-corrected chi connectivity index (χ4v) is 10.6. The summed E-state index contributed by atoms with van der Waals surface area (Å²) < 4.78 is 162. The summed E-state index contributed by atoms with van der Waals surface area (Å²) in [5.74, 6) is -0.667. The van der Waals surface area contributed by atoms with Gasteiger partial charge in [-0.25, -0.2) is 0 Å². The third-order valence-electron chi connectivity index (χ3n) is 12.5. The van der Waals surface area contributed by atoms with E-state index < -0.39 is 47.0 Å². The second-order valence-corrected chi connectivity index (χ2v) is 19.8. The fourth-order valence-electron chi connectivity index (χ4n) is 8.72. The zero-order chi connectivity index (χ0) is 54.2. The zero-order valence-corrected chi connectivity index (χ0v) is 41.1. The number of fused-ring (bicyclic) bond motifs is 2. The number of aliphatic imine (C=N–C) groups is 2. The Morgan fingerprint density at radius 3 is 1.29 bits per heavy atom. The minimum Gasteiger partial charge on any atom is -0.349 e. The first-order chi connectivity index (χ1) is 36.0. The van der Waals surface area contributed by atoms with Gasteiger partial charge in [-0.05, 0) is 132 Å². The summed E-state index contributed by atoms with van der Waals surface area (Å²) in [6, 6.07) is 13.4.